The number of carbonyl (C=O) groups excluding carboxylic acids is 1. The first-order valence-corrected chi connectivity index (χ1v) is 5.36. The molecule has 2 nitrogen and oxygen atoms in total. The average Bonchev–Trinajstić information content (AvgIpc) is 2.23. The van der Waals surface area contributed by atoms with Crippen molar-refractivity contribution >= 4 is 5.97 Å². The van der Waals surface area contributed by atoms with Crippen molar-refractivity contribution in [2.45, 2.75) is 32.8 Å². The van der Waals surface area contributed by atoms with Crippen LogP contribution in [0.4, 0.5) is 0 Å². The Balaban J connectivity index is 2.13. The second kappa shape index (κ2) is 3.69. The fraction of sp³-hybridized carbons (Fsp3) is 0.462. The highest BCUT2D eigenvalue weighted by Gasteiger charge is 2.37. The normalized spacial score (nSPS) is 24.7. The molecule has 1 heterocycles. The molecule has 1 atom stereocenters. The third-order valence-corrected chi connectivity index (χ3v) is 3.00. The molecule has 1 aliphatic heterocycles. The summed E-state index contributed by atoms with van der Waals surface area (Å²) in [6, 6.07) is 9.94. The maximum Gasteiger partial charge on any atom is 0.312 e. The zero-order valence-electron chi connectivity index (χ0n) is 9.19. The highest BCUT2D eigenvalue weighted by Crippen LogP contribution is 2.37. The topological polar surface area (TPSA) is 26.3 Å². The number of benzene rings is 1. The molecule has 1 aliphatic rings. The van der Waals surface area contributed by atoms with Crippen LogP contribution in [0.25, 0.3) is 0 Å². The van der Waals surface area contributed by atoms with E-state index in [9.17, 15) is 4.79 Å². The van der Waals surface area contributed by atoms with Crippen LogP contribution in [0.5, 0.6) is 0 Å². The fourth-order valence-electron chi connectivity index (χ4n) is 1.84. The number of ether oxygens (including phenoxy) is 1. The highest BCUT2D eigenvalue weighted by atomic mass is 16.5. The number of rotatable bonds is 1. The van der Waals surface area contributed by atoms with Crippen molar-refractivity contribution in [2.24, 2.45) is 5.41 Å². The lowest BCUT2D eigenvalue weighted by molar-refractivity contribution is -0.168. The Bertz CT molecular complexity index is 354. The van der Waals surface area contributed by atoms with Gasteiger partial charge in [-0.3, -0.25) is 4.79 Å². The van der Waals surface area contributed by atoms with E-state index >= 15 is 0 Å². The minimum atomic E-state index is -0.314. The summed E-state index contributed by atoms with van der Waals surface area (Å²) < 4.78 is 5.45. The van der Waals surface area contributed by atoms with Gasteiger partial charge >= 0.3 is 5.97 Å². The lowest BCUT2D eigenvalue weighted by Crippen LogP contribution is -2.33. The maximum atomic E-state index is 11.7. The summed E-state index contributed by atoms with van der Waals surface area (Å²) in [5, 5.41) is 0. The first kappa shape index (κ1) is 10.2. The Morgan fingerprint density at radius 3 is 2.53 bits per heavy atom. The number of esters is 1. The van der Waals surface area contributed by atoms with Gasteiger partial charge in [-0.2, -0.15) is 0 Å². The predicted molar refractivity (Wildman–Crippen MR) is 58.3 cm³/mol. The van der Waals surface area contributed by atoms with Crippen molar-refractivity contribution in [3.63, 3.8) is 0 Å². The summed E-state index contributed by atoms with van der Waals surface area (Å²) in [5.74, 6) is -0.0809. The van der Waals surface area contributed by atoms with Crippen molar-refractivity contribution in [1.82, 2.24) is 0 Å². The molecule has 15 heavy (non-hydrogen) atoms. The molecule has 1 unspecified atom stereocenters. The van der Waals surface area contributed by atoms with Crippen LogP contribution >= 0.6 is 0 Å². The third kappa shape index (κ3) is 2.04. The number of carbonyl (C=O) groups is 1. The lowest BCUT2D eigenvalue weighted by atomic mass is 9.83. The van der Waals surface area contributed by atoms with E-state index in [1.807, 2.05) is 44.2 Å². The van der Waals surface area contributed by atoms with Gasteiger partial charge in [-0.1, -0.05) is 30.3 Å². The van der Waals surface area contributed by atoms with Crippen LogP contribution in [0.2, 0.25) is 0 Å². The molecule has 1 aromatic carbocycles. The molecule has 0 aliphatic carbocycles. The molecule has 0 saturated carbocycles. The Labute approximate surface area is 90.3 Å². The minimum Gasteiger partial charge on any atom is -0.457 e. The van der Waals surface area contributed by atoms with Gasteiger partial charge in [0.25, 0.3) is 0 Å². The van der Waals surface area contributed by atoms with Crippen molar-refractivity contribution in [1.29, 1.82) is 0 Å². The molecule has 0 N–H and O–H groups in total. The molecule has 0 bridgehead atoms. The van der Waals surface area contributed by atoms with Crippen molar-refractivity contribution in [3.8, 4) is 0 Å². The largest absolute Gasteiger partial charge is 0.457 e. The lowest BCUT2D eigenvalue weighted by Gasteiger charge is -2.33. The molecule has 0 spiro atoms. The summed E-state index contributed by atoms with van der Waals surface area (Å²) in [7, 11) is 0. The van der Waals surface area contributed by atoms with Crippen LogP contribution in [0.1, 0.15) is 38.4 Å². The van der Waals surface area contributed by atoms with Gasteiger partial charge in [0.15, 0.2) is 0 Å². The SMILES string of the molecule is CC1(C)CCC(c2ccccc2)OC1=O. The molecule has 0 aromatic heterocycles. The molecule has 1 saturated heterocycles. The average molecular weight is 204 g/mol. The highest BCUT2D eigenvalue weighted by molar-refractivity contribution is 5.76. The Kier molecular flexibility index (Phi) is 2.51. The first-order valence-electron chi connectivity index (χ1n) is 5.36. The van der Waals surface area contributed by atoms with Gasteiger partial charge in [-0.25, -0.2) is 0 Å². The first-order chi connectivity index (χ1) is 7.09. The van der Waals surface area contributed by atoms with Crippen LogP contribution in [0.15, 0.2) is 30.3 Å². The fourth-order valence-corrected chi connectivity index (χ4v) is 1.84. The second-order valence-electron chi connectivity index (χ2n) is 4.73. The van der Waals surface area contributed by atoms with Crippen molar-refractivity contribution in [3.05, 3.63) is 35.9 Å². The van der Waals surface area contributed by atoms with Gasteiger partial charge in [0.05, 0.1) is 5.41 Å². The van der Waals surface area contributed by atoms with E-state index in [4.69, 9.17) is 4.74 Å². The van der Waals surface area contributed by atoms with Crippen LogP contribution < -0.4 is 0 Å². The van der Waals surface area contributed by atoms with E-state index in [0.29, 0.717) is 0 Å². The van der Waals surface area contributed by atoms with Crippen molar-refractivity contribution in [2.75, 3.05) is 0 Å². The van der Waals surface area contributed by atoms with Gasteiger partial charge in [0, 0.05) is 0 Å². The summed E-state index contributed by atoms with van der Waals surface area (Å²) in [4.78, 5) is 11.7. The van der Waals surface area contributed by atoms with Crippen LogP contribution in [-0.2, 0) is 9.53 Å². The summed E-state index contributed by atoms with van der Waals surface area (Å²) >= 11 is 0. The molecular weight excluding hydrogens is 188 g/mol. The Morgan fingerprint density at radius 1 is 1.27 bits per heavy atom. The van der Waals surface area contributed by atoms with E-state index < -0.39 is 0 Å². The van der Waals surface area contributed by atoms with E-state index in [-0.39, 0.29) is 17.5 Å². The molecule has 1 fully saturated rings. The van der Waals surface area contributed by atoms with Crippen LogP contribution in [0.3, 0.4) is 0 Å². The van der Waals surface area contributed by atoms with Crippen LogP contribution in [0, 0.1) is 5.41 Å². The maximum absolute atomic E-state index is 11.7. The van der Waals surface area contributed by atoms with Gasteiger partial charge in [-0.05, 0) is 32.3 Å². The quantitative estimate of drug-likeness (QED) is 0.657. The zero-order valence-corrected chi connectivity index (χ0v) is 9.19. The van der Waals surface area contributed by atoms with Gasteiger partial charge < -0.3 is 4.74 Å². The summed E-state index contributed by atoms with van der Waals surface area (Å²) in [6.45, 7) is 3.88. The van der Waals surface area contributed by atoms with E-state index in [0.717, 1.165) is 18.4 Å². The predicted octanol–water partition coefficient (Wildman–Crippen LogP) is 3.09. The number of hydrogen-bond acceptors (Lipinski definition) is 2. The van der Waals surface area contributed by atoms with Gasteiger partial charge in [-0.15, -0.1) is 0 Å². The molecule has 0 amide bonds. The second-order valence-corrected chi connectivity index (χ2v) is 4.73. The Hall–Kier alpha value is -1.31. The summed E-state index contributed by atoms with van der Waals surface area (Å²) in [5.41, 5.74) is 0.784. The monoisotopic (exact) mass is 204 g/mol. The van der Waals surface area contributed by atoms with Gasteiger partial charge in [0.2, 0.25) is 0 Å². The third-order valence-electron chi connectivity index (χ3n) is 3.00. The van der Waals surface area contributed by atoms with Crippen LogP contribution in [-0.4, -0.2) is 5.97 Å². The Morgan fingerprint density at radius 2 is 1.93 bits per heavy atom. The standard InChI is InChI=1S/C13H16O2/c1-13(2)9-8-11(15-12(13)14)10-6-4-3-5-7-10/h3-7,11H,8-9H2,1-2H3. The van der Waals surface area contributed by atoms with Gasteiger partial charge in [0.1, 0.15) is 6.10 Å². The molecular formula is C13H16O2. The molecule has 0 radical (unpaired) electrons. The summed E-state index contributed by atoms with van der Waals surface area (Å²) in [6.07, 6.45) is 1.76. The molecule has 2 rings (SSSR count). The number of cyclic esters (lactones) is 1. The zero-order chi connectivity index (χ0) is 10.9. The van der Waals surface area contributed by atoms with E-state index in [1.54, 1.807) is 0 Å². The van der Waals surface area contributed by atoms with Crippen molar-refractivity contribution < 1.29 is 9.53 Å². The molecule has 80 valence electrons. The molecule has 2 heteroatoms. The minimum absolute atomic E-state index is 0.0493. The van der Waals surface area contributed by atoms with E-state index in [1.165, 1.54) is 0 Å². The van der Waals surface area contributed by atoms with E-state index in [2.05, 4.69) is 0 Å². The smallest absolute Gasteiger partial charge is 0.312 e. The number of hydrogen-bond donors (Lipinski definition) is 0. The molecule has 1 aromatic rings.